The Labute approximate surface area is 174 Å². The molecule has 162 valence electrons. The number of carbonyl (C=O) groups excluding carboxylic acids is 2. The van der Waals surface area contributed by atoms with Crippen molar-refractivity contribution < 1.29 is 18.0 Å². The van der Waals surface area contributed by atoms with Crippen LogP contribution in [0.2, 0.25) is 0 Å². The molecule has 2 N–H and O–H groups in total. The van der Waals surface area contributed by atoms with E-state index in [1.54, 1.807) is 28.6 Å². The molecule has 0 saturated carbocycles. The van der Waals surface area contributed by atoms with Gasteiger partial charge < -0.3 is 10.6 Å². The summed E-state index contributed by atoms with van der Waals surface area (Å²) in [4.78, 5) is 24.0. The van der Waals surface area contributed by atoms with Gasteiger partial charge in [-0.05, 0) is 50.7 Å². The lowest BCUT2D eigenvalue weighted by Gasteiger charge is -2.34. The SMILES string of the molecule is Cc1ccc(S(=O)(=O)N2CCCC[C@@H]2CCNC(=O)C(=O)NCCC(C)C)cc1. The van der Waals surface area contributed by atoms with Crippen molar-refractivity contribution in [3.05, 3.63) is 29.8 Å². The average molecular weight is 424 g/mol. The van der Waals surface area contributed by atoms with Crippen LogP contribution in [0.1, 0.15) is 51.5 Å². The summed E-state index contributed by atoms with van der Waals surface area (Å²) in [6.45, 7) is 7.22. The normalized spacial score (nSPS) is 17.9. The van der Waals surface area contributed by atoms with Crippen LogP contribution in [-0.4, -0.2) is 50.2 Å². The van der Waals surface area contributed by atoms with Crippen molar-refractivity contribution in [3.63, 3.8) is 0 Å². The molecule has 8 heteroatoms. The van der Waals surface area contributed by atoms with E-state index in [0.29, 0.717) is 30.3 Å². The first-order valence-corrected chi connectivity index (χ1v) is 11.8. The third-order valence-electron chi connectivity index (χ3n) is 5.18. The highest BCUT2D eigenvalue weighted by molar-refractivity contribution is 7.89. The van der Waals surface area contributed by atoms with Crippen LogP contribution in [0.3, 0.4) is 0 Å². The number of nitrogens with one attached hydrogen (secondary N) is 2. The van der Waals surface area contributed by atoms with Crippen molar-refractivity contribution in [2.24, 2.45) is 5.92 Å². The van der Waals surface area contributed by atoms with Gasteiger partial charge >= 0.3 is 11.8 Å². The predicted molar refractivity (Wildman–Crippen MR) is 113 cm³/mol. The molecule has 1 fully saturated rings. The van der Waals surface area contributed by atoms with Crippen LogP contribution in [0.15, 0.2) is 29.2 Å². The van der Waals surface area contributed by atoms with Crippen LogP contribution in [0.25, 0.3) is 0 Å². The number of hydrogen-bond acceptors (Lipinski definition) is 4. The highest BCUT2D eigenvalue weighted by Gasteiger charge is 2.33. The second-order valence-electron chi connectivity index (χ2n) is 8.06. The molecule has 0 radical (unpaired) electrons. The van der Waals surface area contributed by atoms with Crippen LogP contribution in [0, 0.1) is 12.8 Å². The van der Waals surface area contributed by atoms with Crippen LogP contribution in [0.4, 0.5) is 0 Å². The maximum absolute atomic E-state index is 13.1. The fraction of sp³-hybridized carbons (Fsp3) is 0.619. The van der Waals surface area contributed by atoms with Crippen molar-refractivity contribution in [3.8, 4) is 0 Å². The Hall–Kier alpha value is -1.93. The van der Waals surface area contributed by atoms with Crippen LogP contribution in [0.5, 0.6) is 0 Å². The van der Waals surface area contributed by atoms with Crippen molar-refractivity contribution in [1.29, 1.82) is 0 Å². The lowest BCUT2D eigenvalue weighted by atomic mass is 10.0. The molecular weight excluding hydrogens is 390 g/mol. The number of amides is 2. The number of nitrogens with zero attached hydrogens (tertiary/aromatic N) is 1. The molecule has 0 aliphatic carbocycles. The predicted octanol–water partition coefficient (Wildman–Crippen LogP) is 2.21. The minimum atomic E-state index is -3.57. The van der Waals surface area contributed by atoms with E-state index in [0.717, 1.165) is 31.2 Å². The summed E-state index contributed by atoms with van der Waals surface area (Å²) in [5, 5.41) is 5.22. The molecule has 2 rings (SSSR count). The third-order valence-corrected chi connectivity index (χ3v) is 7.14. The number of carbonyl (C=O) groups is 2. The summed E-state index contributed by atoms with van der Waals surface area (Å²) < 4.78 is 27.7. The summed E-state index contributed by atoms with van der Waals surface area (Å²) in [6.07, 6.45) is 3.82. The van der Waals surface area contributed by atoms with Gasteiger partial charge in [0.1, 0.15) is 0 Å². The number of sulfonamides is 1. The van der Waals surface area contributed by atoms with Gasteiger partial charge in [0.25, 0.3) is 0 Å². The first-order valence-electron chi connectivity index (χ1n) is 10.4. The van der Waals surface area contributed by atoms with E-state index in [2.05, 4.69) is 10.6 Å². The molecule has 29 heavy (non-hydrogen) atoms. The van der Waals surface area contributed by atoms with Gasteiger partial charge in [0.05, 0.1) is 4.90 Å². The smallest absolute Gasteiger partial charge is 0.309 e. The number of hydrogen-bond donors (Lipinski definition) is 2. The van der Waals surface area contributed by atoms with E-state index in [9.17, 15) is 18.0 Å². The molecule has 1 aliphatic heterocycles. The largest absolute Gasteiger partial charge is 0.348 e. The molecule has 1 saturated heterocycles. The van der Waals surface area contributed by atoms with Gasteiger partial charge in [0.15, 0.2) is 0 Å². The van der Waals surface area contributed by atoms with E-state index in [4.69, 9.17) is 0 Å². The second kappa shape index (κ2) is 10.7. The molecule has 1 aliphatic rings. The zero-order chi connectivity index (χ0) is 21.4. The van der Waals surface area contributed by atoms with Crippen molar-refractivity contribution in [2.45, 2.75) is 63.8 Å². The minimum Gasteiger partial charge on any atom is -0.348 e. The quantitative estimate of drug-likeness (QED) is 0.627. The molecule has 0 spiro atoms. The van der Waals surface area contributed by atoms with E-state index in [1.165, 1.54) is 0 Å². The molecule has 2 amide bonds. The van der Waals surface area contributed by atoms with E-state index < -0.39 is 21.8 Å². The zero-order valence-electron chi connectivity index (χ0n) is 17.6. The molecule has 1 atom stereocenters. The Morgan fingerprint density at radius 3 is 2.31 bits per heavy atom. The number of piperidine rings is 1. The average Bonchev–Trinajstić information content (AvgIpc) is 2.68. The summed E-state index contributed by atoms with van der Waals surface area (Å²) in [5.41, 5.74) is 1.01. The van der Waals surface area contributed by atoms with Gasteiger partial charge in [-0.2, -0.15) is 4.31 Å². The molecule has 0 bridgehead atoms. The minimum absolute atomic E-state index is 0.181. The summed E-state index contributed by atoms with van der Waals surface area (Å²) in [6, 6.07) is 6.69. The number of rotatable bonds is 8. The third kappa shape index (κ3) is 6.82. The number of aryl methyl sites for hydroxylation is 1. The topological polar surface area (TPSA) is 95.6 Å². The highest BCUT2D eigenvalue weighted by Crippen LogP contribution is 2.27. The number of benzene rings is 1. The summed E-state index contributed by atoms with van der Waals surface area (Å²) >= 11 is 0. The Balaban J connectivity index is 1.90. The van der Waals surface area contributed by atoms with Gasteiger partial charge in [-0.3, -0.25) is 9.59 Å². The van der Waals surface area contributed by atoms with E-state index in [1.807, 2.05) is 20.8 Å². The Bertz CT molecular complexity index is 791. The Kier molecular flexibility index (Phi) is 8.64. The maximum atomic E-state index is 13.1. The highest BCUT2D eigenvalue weighted by atomic mass is 32.2. The van der Waals surface area contributed by atoms with Gasteiger partial charge in [-0.1, -0.05) is 38.0 Å². The Morgan fingerprint density at radius 1 is 1.07 bits per heavy atom. The molecule has 7 nitrogen and oxygen atoms in total. The van der Waals surface area contributed by atoms with E-state index >= 15 is 0 Å². The molecular formula is C21H33N3O4S. The first-order chi connectivity index (χ1) is 13.7. The van der Waals surface area contributed by atoms with Crippen molar-refractivity contribution >= 4 is 21.8 Å². The van der Waals surface area contributed by atoms with Crippen LogP contribution >= 0.6 is 0 Å². The first kappa shape index (κ1) is 23.3. The molecule has 0 aromatic heterocycles. The maximum Gasteiger partial charge on any atom is 0.309 e. The monoisotopic (exact) mass is 423 g/mol. The van der Waals surface area contributed by atoms with Gasteiger partial charge in [0.2, 0.25) is 10.0 Å². The van der Waals surface area contributed by atoms with Crippen LogP contribution in [-0.2, 0) is 19.6 Å². The van der Waals surface area contributed by atoms with Gasteiger partial charge in [-0.15, -0.1) is 0 Å². The lowest BCUT2D eigenvalue weighted by molar-refractivity contribution is -0.139. The van der Waals surface area contributed by atoms with Gasteiger partial charge in [-0.25, -0.2) is 8.42 Å². The van der Waals surface area contributed by atoms with Crippen molar-refractivity contribution in [2.75, 3.05) is 19.6 Å². The van der Waals surface area contributed by atoms with Gasteiger partial charge in [0, 0.05) is 25.7 Å². The molecule has 1 aromatic rings. The Morgan fingerprint density at radius 2 is 1.69 bits per heavy atom. The fourth-order valence-electron chi connectivity index (χ4n) is 3.41. The zero-order valence-corrected chi connectivity index (χ0v) is 18.4. The summed E-state index contributed by atoms with van der Waals surface area (Å²) in [5.74, 6) is -0.859. The lowest BCUT2D eigenvalue weighted by Crippen LogP contribution is -2.46. The standard InChI is InChI=1S/C21H33N3O4S/c1-16(2)11-13-22-20(25)21(26)23-14-12-18-6-4-5-15-24(18)29(27,28)19-9-7-17(3)8-10-19/h7-10,16,18H,4-6,11-15H2,1-3H3,(H,22,25)(H,23,26)/t18-/m1/s1. The molecule has 0 unspecified atom stereocenters. The molecule has 1 heterocycles. The fourth-order valence-corrected chi connectivity index (χ4v) is 5.14. The molecule has 1 aromatic carbocycles. The summed E-state index contributed by atoms with van der Waals surface area (Å²) in [7, 11) is -3.57. The van der Waals surface area contributed by atoms with Crippen LogP contribution < -0.4 is 10.6 Å². The second-order valence-corrected chi connectivity index (χ2v) is 9.95. The van der Waals surface area contributed by atoms with E-state index in [-0.39, 0.29) is 12.6 Å². The van der Waals surface area contributed by atoms with Crippen molar-refractivity contribution in [1.82, 2.24) is 14.9 Å².